The second kappa shape index (κ2) is 10.2. The zero-order valence-corrected chi connectivity index (χ0v) is 18.2. The molecule has 1 unspecified atom stereocenters. The third kappa shape index (κ3) is 5.59. The van der Waals surface area contributed by atoms with E-state index >= 15 is 0 Å². The fraction of sp³-hybridized carbons (Fsp3) is 0.320. The van der Waals surface area contributed by atoms with Crippen molar-refractivity contribution < 1.29 is 4.39 Å². The van der Waals surface area contributed by atoms with E-state index in [9.17, 15) is 4.39 Å². The Hall–Kier alpha value is -3.50. The van der Waals surface area contributed by atoms with E-state index in [1.807, 2.05) is 18.2 Å². The molecule has 2 aromatic carbocycles. The van der Waals surface area contributed by atoms with E-state index in [0.29, 0.717) is 24.1 Å². The topological polar surface area (TPSA) is 76.9 Å². The molecular formula is C25H27FN6. The fourth-order valence-corrected chi connectivity index (χ4v) is 3.92. The Morgan fingerprint density at radius 3 is 2.84 bits per heavy atom. The summed E-state index contributed by atoms with van der Waals surface area (Å²) in [6, 6.07) is 18.5. The van der Waals surface area contributed by atoms with E-state index in [2.05, 4.69) is 39.6 Å². The van der Waals surface area contributed by atoms with Crippen LogP contribution < -0.4 is 15.5 Å². The molecule has 0 saturated carbocycles. The number of nitrogens with zero attached hydrogens (tertiary/aromatic N) is 4. The summed E-state index contributed by atoms with van der Waals surface area (Å²) in [5.41, 5.74) is 3.32. The van der Waals surface area contributed by atoms with Gasteiger partial charge >= 0.3 is 0 Å². The summed E-state index contributed by atoms with van der Waals surface area (Å²) in [6.07, 6.45) is 2.87. The average molecular weight is 431 g/mol. The largest absolute Gasteiger partial charge is 0.355 e. The van der Waals surface area contributed by atoms with Crippen LogP contribution in [0.3, 0.4) is 0 Å². The van der Waals surface area contributed by atoms with Crippen molar-refractivity contribution in [1.82, 2.24) is 15.3 Å². The van der Waals surface area contributed by atoms with Gasteiger partial charge in [0.2, 0.25) is 5.95 Å². The minimum absolute atomic E-state index is 0.206. The third-order valence-electron chi connectivity index (χ3n) is 5.52. The molecule has 0 amide bonds. The Bertz CT molecular complexity index is 1110. The molecule has 164 valence electrons. The standard InChI is InChI=1S/C25H27FN6/c1-2-5-21-14-24(31-25(29-21)30-22-9-4-6-18(13-22)15-27)32-11-10-23(17-32)28-16-19-7-3-8-20(26)12-19/h3-4,6-9,12-14,23,28H,2,5,10-11,16-17H2,1H3,(H,29,30,31). The first-order valence-electron chi connectivity index (χ1n) is 11.0. The number of halogens is 1. The number of rotatable bonds is 8. The van der Waals surface area contributed by atoms with Crippen LogP contribution >= 0.6 is 0 Å². The van der Waals surface area contributed by atoms with E-state index in [-0.39, 0.29) is 5.82 Å². The SMILES string of the molecule is CCCc1cc(N2CCC(NCc3cccc(F)c3)C2)nc(Nc2cccc(C#N)c2)n1. The lowest BCUT2D eigenvalue weighted by Gasteiger charge is -2.20. The average Bonchev–Trinajstić information content (AvgIpc) is 3.27. The summed E-state index contributed by atoms with van der Waals surface area (Å²) in [5, 5.41) is 15.9. The quantitative estimate of drug-likeness (QED) is 0.546. The summed E-state index contributed by atoms with van der Waals surface area (Å²) < 4.78 is 13.4. The fourth-order valence-electron chi connectivity index (χ4n) is 3.92. The lowest BCUT2D eigenvalue weighted by atomic mass is 10.2. The summed E-state index contributed by atoms with van der Waals surface area (Å²) in [5.74, 6) is 1.23. The Morgan fingerprint density at radius 1 is 1.16 bits per heavy atom. The lowest BCUT2D eigenvalue weighted by Crippen LogP contribution is -2.32. The molecule has 1 aliphatic rings. The number of benzene rings is 2. The van der Waals surface area contributed by atoms with Crippen LogP contribution in [0.2, 0.25) is 0 Å². The van der Waals surface area contributed by atoms with Gasteiger partial charge in [-0.3, -0.25) is 0 Å². The number of aromatic nitrogens is 2. The van der Waals surface area contributed by atoms with E-state index in [4.69, 9.17) is 10.2 Å². The molecule has 1 aliphatic heterocycles. The van der Waals surface area contributed by atoms with Crippen molar-refractivity contribution in [3.63, 3.8) is 0 Å². The van der Waals surface area contributed by atoms with Crippen molar-refractivity contribution in [3.8, 4) is 6.07 Å². The molecule has 3 aromatic rings. The van der Waals surface area contributed by atoms with Gasteiger partial charge in [-0.15, -0.1) is 0 Å². The maximum atomic E-state index is 13.4. The highest BCUT2D eigenvalue weighted by atomic mass is 19.1. The molecule has 1 fully saturated rings. The van der Waals surface area contributed by atoms with Gasteiger partial charge in [0.15, 0.2) is 0 Å². The van der Waals surface area contributed by atoms with E-state index in [1.165, 1.54) is 6.07 Å². The number of hydrogen-bond acceptors (Lipinski definition) is 6. The van der Waals surface area contributed by atoms with E-state index in [0.717, 1.165) is 55.1 Å². The van der Waals surface area contributed by atoms with Gasteiger partial charge in [0.1, 0.15) is 11.6 Å². The third-order valence-corrected chi connectivity index (χ3v) is 5.52. The van der Waals surface area contributed by atoms with E-state index in [1.54, 1.807) is 24.3 Å². The maximum Gasteiger partial charge on any atom is 0.229 e. The van der Waals surface area contributed by atoms with Crippen molar-refractivity contribution in [2.45, 2.75) is 38.8 Å². The Kier molecular flexibility index (Phi) is 6.93. The van der Waals surface area contributed by atoms with Crippen LogP contribution in [-0.4, -0.2) is 29.1 Å². The van der Waals surface area contributed by atoms with Crippen molar-refractivity contribution in [1.29, 1.82) is 5.26 Å². The molecule has 6 nitrogen and oxygen atoms in total. The summed E-state index contributed by atoms with van der Waals surface area (Å²) in [7, 11) is 0. The zero-order valence-electron chi connectivity index (χ0n) is 18.2. The van der Waals surface area contributed by atoms with Gasteiger partial charge < -0.3 is 15.5 Å². The molecular weight excluding hydrogens is 403 g/mol. The Morgan fingerprint density at radius 2 is 2.03 bits per heavy atom. The number of nitrogens with one attached hydrogen (secondary N) is 2. The minimum Gasteiger partial charge on any atom is -0.355 e. The first-order chi connectivity index (χ1) is 15.6. The van der Waals surface area contributed by atoms with Crippen LogP contribution in [-0.2, 0) is 13.0 Å². The smallest absolute Gasteiger partial charge is 0.229 e. The van der Waals surface area contributed by atoms with Crippen LogP contribution in [0.15, 0.2) is 54.6 Å². The predicted molar refractivity (Wildman–Crippen MR) is 124 cm³/mol. The summed E-state index contributed by atoms with van der Waals surface area (Å²) in [6.45, 7) is 4.50. The summed E-state index contributed by atoms with van der Waals surface area (Å²) >= 11 is 0. The van der Waals surface area contributed by atoms with Crippen LogP contribution in [0.5, 0.6) is 0 Å². The molecule has 1 atom stereocenters. The lowest BCUT2D eigenvalue weighted by molar-refractivity contribution is 0.548. The number of nitriles is 1. The molecule has 4 rings (SSSR count). The Balaban J connectivity index is 1.45. The normalized spacial score (nSPS) is 15.5. The number of anilines is 3. The van der Waals surface area contributed by atoms with Crippen molar-refractivity contribution in [2.24, 2.45) is 0 Å². The molecule has 0 spiro atoms. The van der Waals surface area contributed by atoms with Crippen LogP contribution in [0.25, 0.3) is 0 Å². The van der Waals surface area contributed by atoms with Crippen LogP contribution in [0.4, 0.5) is 21.8 Å². The molecule has 32 heavy (non-hydrogen) atoms. The first-order valence-corrected chi connectivity index (χ1v) is 11.0. The summed E-state index contributed by atoms with van der Waals surface area (Å²) in [4.78, 5) is 11.7. The molecule has 0 aliphatic carbocycles. The van der Waals surface area contributed by atoms with Gasteiger partial charge in [-0.1, -0.05) is 31.5 Å². The highest BCUT2D eigenvalue weighted by Crippen LogP contribution is 2.23. The molecule has 7 heteroatoms. The molecule has 0 bridgehead atoms. The van der Waals surface area contributed by atoms with Gasteiger partial charge in [-0.2, -0.15) is 10.2 Å². The van der Waals surface area contributed by atoms with Gasteiger partial charge in [0.05, 0.1) is 11.6 Å². The zero-order chi connectivity index (χ0) is 22.3. The van der Waals surface area contributed by atoms with Crippen LogP contribution in [0.1, 0.15) is 36.6 Å². The van der Waals surface area contributed by atoms with Gasteiger partial charge in [0, 0.05) is 43.1 Å². The number of hydrogen-bond donors (Lipinski definition) is 2. The first kappa shape index (κ1) is 21.7. The predicted octanol–water partition coefficient (Wildman–Crippen LogP) is 4.55. The van der Waals surface area contributed by atoms with Gasteiger partial charge in [-0.25, -0.2) is 9.37 Å². The Labute approximate surface area is 188 Å². The van der Waals surface area contributed by atoms with Gasteiger partial charge in [-0.05, 0) is 48.7 Å². The van der Waals surface area contributed by atoms with Crippen LogP contribution in [0, 0.1) is 17.1 Å². The minimum atomic E-state index is -0.206. The molecule has 1 aromatic heterocycles. The van der Waals surface area contributed by atoms with E-state index < -0.39 is 0 Å². The maximum absolute atomic E-state index is 13.4. The van der Waals surface area contributed by atoms with Crippen molar-refractivity contribution in [3.05, 3.63) is 77.2 Å². The highest BCUT2D eigenvalue weighted by molar-refractivity contribution is 5.58. The second-order valence-electron chi connectivity index (χ2n) is 8.05. The molecule has 2 N–H and O–H groups in total. The number of aryl methyl sites for hydroxylation is 1. The monoisotopic (exact) mass is 430 g/mol. The highest BCUT2D eigenvalue weighted by Gasteiger charge is 2.24. The second-order valence-corrected chi connectivity index (χ2v) is 8.05. The molecule has 1 saturated heterocycles. The van der Waals surface area contributed by atoms with Crippen molar-refractivity contribution in [2.75, 3.05) is 23.3 Å². The molecule has 0 radical (unpaired) electrons. The van der Waals surface area contributed by atoms with Gasteiger partial charge in [0.25, 0.3) is 0 Å². The molecule has 2 heterocycles. The van der Waals surface area contributed by atoms with Crippen molar-refractivity contribution >= 4 is 17.5 Å².